The normalized spacial score (nSPS) is 11.4. The van der Waals surface area contributed by atoms with Crippen LogP contribution < -0.4 is 5.32 Å². The summed E-state index contributed by atoms with van der Waals surface area (Å²) in [6.07, 6.45) is 2.16. The fourth-order valence-corrected chi connectivity index (χ4v) is 2.29. The predicted octanol–water partition coefficient (Wildman–Crippen LogP) is 2.98. The van der Waals surface area contributed by atoms with Crippen LogP contribution in [0.1, 0.15) is 25.0 Å². The summed E-state index contributed by atoms with van der Waals surface area (Å²) in [4.78, 5) is 2.38. The summed E-state index contributed by atoms with van der Waals surface area (Å²) < 4.78 is 0. The molecule has 0 saturated carbocycles. The molecule has 102 valence electrons. The highest BCUT2D eigenvalue weighted by Gasteiger charge is 2.01. The number of rotatable bonds is 8. The first kappa shape index (κ1) is 15.5. The first-order valence-corrected chi connectivity index (χ1v) is 8.00. The molecule has 2 nitrogen and oxygen atoms in total. The lowest BCUT2D eigenvalue weighted by molar-refractivity contribution is 0.348. The van der Waals surface area contributed by atoms with Crippen LogP contribution >= 0.6 is 11.8 Å². The lowest BCUT2D eigenvalue weighted by Crippen LogP contribution is -2.22. The summed E-state index contributed by atoms with van der Waals surface area (Å²) >= 11 is 1.90. The van der Waals surface area contributed by atoms with Crippen LogP contribution in [0.3, 0.4) is 0 Å². The van der Waals surface area contributed by atoms with Crippen molar-refractivity contribution in [1.82, 2.24) is 10.2 Å². The zero-order valence-corrected chi connectivity index (χ0v) is 12.9. The first-order valence-electron chi connectivity index (χ1n) is 6.60. The highest BCUT2D eigenvalue weighted by atomic mass is 32.2. The number of hydrogen-bond donors (Lipinski definition) is 1. The highest BCUT2D eigenvalue weighted by Crippen LogP contribution is 2.08. The molecule has 0 radical (unpaired) electrons. The summed E-state index contributed by atoms with van der Waals surface area (Å²) in [6.45, 7) is 7.51. The minimum atomic E-state index is 0.540. The summed E-state index contributed by atoms with van der Waals surface area (Å²) in [5.41, 5.74) is 2.78. The van der Waals surface area contributed by atoms with Crippen LogP contribution in [0.15, 0.2) is 24.3 Å². The highest BCUT2D eigenvalue weighted by molar-refractivity contribution is 7.98. The molecule has 0 saturated heterocycles. The van der Waals surface area contributed by atoms with Crippen molar-refractivity contribution in [2.24, 2.45) is 0 Å². The maximum Gasteiger partial charge on any atom is 0.0231 e. The molecule has 0 aromatic heterocycles. The van der Waals surface area contributed by atoms with Crippen LogP contribution in [0.25, 0.3) is 0 Å². The minimum absolute atomic E-state index is 0.540. The Labute approximate surface area is 116 Å². The SMILES string of the molecule is CSCCN(C)Cc1cccc(CNC(C)C)c1. The van der Waals surface area contributed by atoms with Crippen molar-refractivity contribution in [3.05, 3.63) is 35.4 Å². The van der Waals surface area contributed by atoms with Gasteiger partial charge in [0.05, 0.1) is 0 Å². The number of benzene rings is 1. The molecule has 3 heteroatoms. The molecule has 0 aliphatic heterocycles. The van der Waals surface area contributed by atoms with Gasteiger partial charge in [0.15, 0.2) is 0 Å². The molecule has 0 fully saturated rings. The Hall–Kier alpha value is -0.510. The second-order valence-corrected chi connectivity index (χ2v) is 6.07. The fraction of sp³-hybridized carbons (Fsp3) is 0.600. The van der Waals surface area contributed by atoms with Gasteiger partial charge in [0.1, 0.15) is 0 Å². The maximum atomic E-state index is 3.46. The molecule has 0 bridgehead atoms. The van der Waals surface area contributed by atoms with E-state index in [0.29, 0.717) is 6.04 Å². The molecule has 1 rings (SSSR count). The Morgan fingerprint density at radius 2 is 2.00 bits per heavy atom. The monoisotopic (exact) mass is 266 g/mol. The van der Waals surface area contributed by atoms with Crippen LogP contribution in [-0.4, -0.2) is 36.5 Å². The van der Waals surface area contributed by atoms with Crippen molar-refractivity contribution in [3.8, 4) is 0 Å². The molecule has 1 aromatic rings. The van der Waals surface area contributed by atoms with E-state index in [0.717, 1.165) is 19.6 Å². The zero-order valence-electron chi connectivity index (χ0n) is 12.1. The van der Waals surface area contributed by atoms with E-state index in [1.165, 1.54) is 16.9 Å². The predicted molar refractivity (Wildman–Crippen MR) is 83.1 cm³/mol. The van der Waals surface area contributed by atoms with Gasteiger partial charge in [-0.3, -0.25) is 0 Å². The van der Waals surface area contributed by atoms with E-state index in [4.69, 9.17) is 0 Å². The molecule has 0 heterocycles. The standard InChI is InChI=1S/C15H26N2S/c1-13(2)16-11-14-6-5-7-15(10-14)12-17(3)8-9-18-4/h5-7,10,13,16H,8-9,11-12H2,1-4H3. The lowest BCUT2D eigenvalue weighted by atomic mass is 10.1. The molecular formula is C15H26N2S. The van der Waals surface area contributed by atoms with E-state index in [9.17, 15) is 0 Å². The summed E-state index contributed by atoms with van der Waals surface area (Å²) in [5, 5.41) is 3.46. The second kappa shape index (κ2) is 8.57. The third-order valence-corrected chi connectivity index (χ3v) is 3.43. The average Bonchev–Trinajstić information content (AvgIpc) is 2.34. The van der Waals surface area contributed by atoms with Crippen LogP contribution in [-0.2, 0) is 13.1 Å². The number of hydrogen-bond acceptors (Lipinski definition) is 3. The van der Waals surface area contributed by atoms with Gasteiger partial charge in [0.2, 0.25) is 0 Å². The van der Waals surface area contributed by atoms with Crippen LogP contribution in [0.4, 0.5) is 0 Å². The van der Waals surface area contributed by atoms with E-state index in [-0.39, 0.29) is 0 Å². The molecule has 0 atom stereocenters. The van der Waals surface area contributed by atoms with Crippen LogP contribution in [0, 0.1) is 0 Å². The van der Waals surface area contributed by atoms with Gasteiger partial charge >= 0.3 is 0 Å². The molecule has 0 aliphatic rings. The quantitative estimate of drug-likeness (QED) is 0.779. The molecule has 0 spiro atoms. The van der Waals surface area contributed by atoms with E-state index in [1.807, 2.05) is 11.8 Å². The van der Waals surface area contributed by atoms with Gasteiger partial charge < -0.3 is 10.2 Å². The zero-order chi connectivity index (χ0) is 13.4. The third-order valence-electron chi connectivity index (χ3n) is 2.84. The van der Waals surface area contributed by atoms with Gasteiger partial charge in [0, 0.05) is 31.4 Å². The lowest BCUT2D eigenvalue weighted by Gasteiger charge is -2.16. The Kier molecular flexibility index (Phi) is 7.40. The number of thioether (sulfide) groups is 1. The largest absolute Gasteiger partial charge is 0.310 e. The van der Waals surface area contributed by atoms with Crippen molar-refractivity contribution in [2.75, 3.05) is 25.6 Å². The first-order chi connectivity index (χ1) is 8.61. The fourth-order valence-electron chi connectivity index (χ4n) is 1.80. The van der Waals surface area contributed by atoms with Gasteiger partial charge in [-0.05, 0) is 24.4 Å². The van der Waals surface area contributed by atoms with Crippen LogP contribution in [0.2, 0.25) is 0 Å². The van der Waals surface area contributed by atoms with Gasteiger partial charge in [0.25, 0.3) is 0 Å². The Morgan fingerprint density at radius 1 is 1.28 bits per heavy atom. The minimum Gasteiger partial charge on any atom is -0.310 e. The number of nitrogens with zero attached hydrogens (tertiary/aromatic N) is 1. The molecular weight excluding hydrogens is 240 g/mol. The van der Waals surface area contributed by atoms with E-state index < -0.39 is 0 Å². The molecule has 0 unspecified atom stereocenters. The molecule has 1 N–H and O–H groups in total. The number of nitrogens with one attached hydrogen (secondary N) is 1. The smallest absolute Gasteiger partial charge is 0.0231 e. The van der Waals surface area contributed by atoms with Crippen molar-refractivity contribution >= 4 is 11.8 Å². The van der Waals surface area contributed by atoms with Crippen molar-refractivity contribution < 1.29 is 0 Å². The second-order valence-electron chi connectivity index (χ2n) is 5.09. The maximum absolute atomic E-state index is 3.46. The Balaban J connectivity index is 2.48. The summed E-state index contributed by atoms with van der Waals surface area (Å²) in [5.74, 6) is 1.20. The van der Waals surface area contributed by atoms with Crippen molar-refractivity contribution in [3.63, 3.8) is 0 Å². The van der Waals surface area contributed by atoms with E-state index >= 15 is 0 Å². The molecule has 1 aromatic carbocycles. The van der Waals surface area contributed by atoms with E-state index in [1.54, 1.807) is 0 Å². The van der Waals surface area contributed by atoms with Crippen molar-refractivity contribution in [2.45, 2.75) is 33.0 Å². The van der Waals surface area contributed by atoms with E-state index in [2.05, 4.69) is 61.6 Å². The molecule has 0 amide bonds. The molecule has 18 heavy (non-hydrogen) atoms. The van der Waals surface area contributed by atoms with Crippen LogP contribution in [0.5, 0.6) is 0 Å². The summed E-state index contributed by atoms with van der Waals surface area (Å²) in [6, 6.07) is 9.42. The van der Waals surface area contributed by atoms with Gasteiger partial charge in [-0.1, -0.05) is 38.1 Å². The summed E-state index contributed by atoms with van der Waals surface area (Å²) in [7, 11) is 2.19. The topological polar surface area (TPSA) is 15.3 Å². The Bertz CT molecular complexity index is 339. The van der Waals surface area contributed by atoms with Gasteiger partial charge in [-0.25, -0.2) is 0 Å². The molecule has 0 aliphatic carbocycles. The van der Waals surface area contributed by atoms with Gasteiger partial charge in [-0.15, -0.1) is 0 Å². The van der Waals surface area contributed by atoms with Crippen molar-refractivity contribution in [1.29, 1.82) is 0 Å². The van der Waals surface area contributed by atoms with Gasteiger partial charge in [-0.2, -0.15) is 11.8 Å². The Morgan fingerprint density at radius 3 is 2.67 bits per heavy atom. The average molecular weight is 266 g/mol. The third kappa shape index (κ3) is 6.43.